The highest BCUT2D eigenvalue weighted by atomic mass is 15.0. The average Bonchev–Trinajstić information content (AvgIpc) is 2.74. The summed E-state index contributed by atoms with van der Waals surface area (Å²) in [5.74, 6) is 0. The highest BCUT2D eigenvalue weighted by Crippen LogP contribution is 2.09. The van der Waals surface area contributed by atoms with Crippen LogP contribution in [-0.2, 0) is 6.54 Å². The van der Waals surface area contributed by atoms with Crippen LogP contribution in [0.3, 0.4) is 0 Å². The van der Waals surface area contributed by atoms with E-state index in [1.54, 1.807) is 6.08 Å². The fourth-order valence-electron chi connectivity index (χ4n) is 2.50. The summed E-state index contributed by atoms with van der Waals surface area (Å²) in [7, 11) is 0. The molecule has 0 unspecified atom stereocenters. The fraction of sp³-hybridized carbons (Fsp3) is 0.100. The van der Waals surface area contributed by atoms with Crippen LogP contribution in [0.25, 0.3) is 23.1 Å². The molecular weight excluding hydrogens is 254 g/mol. The van der Waals surface area contributed by atoms with Gasteiger partial charge in [-0.3, -0.25) is 0 Å². The van der Waals surface area contributed by atoms with Crippen LogP contribution in [0.2, 0.25) is 0 Å². The summed E-state index contributed by atoms with van der Waals surface area (Å²) in [6, 6.07) is 8.43. The molecule has 1 aromatic carbocycles. The molecule has 2 aromatic rings. The Bertz CT molecular complexity index is 829. The first kappa shape index (κ1) is 14.9. The summed E-state index contributed by atoms with van der Waals surface area (Å²) in [6.45, 7) is 14.4. The van der Waals surface area contributed by atoms with Gasteiger partial charge >= 0.3 is 0 Å². The third-order valence-electron chi connectivity index (χ3n) is 3.28. The zero-order valence-electron chi connectivity index (χ0n) is 12.5. The number of fused-ring (bicyclic) bond motifs is 1. The first-order valence-corrected chi connectivity index (χ1v) is 7.04. The molecule has 0 N–H and O–H groups in total. The highest BCUT2D eigenvalue weighted by Gasteiger charge is 2.05. The molecule has 0 saturated heterocycles. The van der Waals surface area contributed by atoms with Gasteiger partial charge < -0.3 is 4.57 Å². The van der Waals surface area contributed by atoms with Crippen molar-refractivity contribution in [1.29, 1.82) is 0 Å². The van der Waals surface area contributed by atoms with Gasteiger partial charge in [0, 0.05) is 28.0 Å². The maximum absolute atomic E-state index is 4.01. The highest BCUT2D eigenvalue weighted by molar-refractivity contribution is 5.83. The van der Waals surface area contributed by atoms with Crippen molar-refractivity contribution in [3.05, 3.63) is 84.4 Å². The Balaban J connectivity index is 2.89. The lowest BCUT2D eigenvalue weighted by Gasteiger charge is -2.01. The first-order chi connectivity index (χ1) is 10.2. The van der Waals surface area contributed by atoms with Crippen molar-refractivity contribution in [2.45, 2.75) is 13.5 Å². The Labute approximate surface area is 126 Å². The standard InChI is InChI=1S/C20H21N/c1-5-7-10-14-21-19(11-6-2)18(15-16(3)4)17-12-8-9-13-20(17)21/h5-13,15H,1-3,14H2,4H3/b10-7-,18-15-,19-11+. The maximum Gasteiger partial charge on any atom is 0.0494 e. The maximum atomic E-state index is 4.01. The summed E-state index contributed by atoms with van der Waals surface area (Å²) in [5.41, 5.74) is 2.25. The molecule has 0 spiro atoms. The predicted octanol–water partition coefficient (Wildman–Crippen LogP) is 3.71. The minimum Gasteiger partial charge on any atom is -0.337 e. The molecule has 0 fully saturated rings. The molecule has 106 valence electrons. The van der Waals surface area contributed by atoms with Crippen molar-refractivity contribution in [2.24, 2.45) is 0 Å². The Morgan fingerprint density at radius 1 is 1.19 bits per heavy atom. The van der Waals surface area contributed by atoms with Crippen LogP contribution in [0.4, 0.5) is 0 Å². The monoisotopic (exact) mass is 275 g/mol. The van der Waals surface area contributed by atoms with E-state index in [1.165, 1.54) is 16.1 Å². The van der Waals surface area contributed by atoms with Crippen LogP contribution < -0.4 is 10.6 Å². The SMILES string of the molecule is C=C/C=C\Cn1c(=C/C=C)/c(=C\C(=C)C)c2ccccc21. The molecule has 0 radical (unpaired) electrons. The van der Waals surface area contributed by atoms with E-state index in [2.05, 4.69) is 66.8 Å². The van der Waals surface area contributed by atoms with E-state index in [0.29, 0.717) is 0 Å². The van der Waals surface area contributed by atoms with Gasteiger partial charge in [-0.25, -0.2) is 0 Å². The van der Waals surface area contributed by atoms with Gasteiger partial charge in [-0.05, 0) is 25.1 Å². The summed E-state index contributed by atoms with van der Waals surface area (Å²) >= 11 is 0. The Kier molecular flexibility index (Phi) is 4.78. The summed E-state index contributed by atoms with van der Waals surface area (Å²) in [5, 5.41) is 3.59. The number of hydrogen-bond acceptors (Lipinski definition) is 0. The van der Waals surface area contributed by atoms with Crippen molar-refractivity contribution >= 4 is 23.1 Å². The summed E-state index contributed by atoms with van der Waals surface area (Å²) < 4.78 is 2.28. The zero-order chi connectivity index (χ0) is 15.2. The number of hydrogen-bond donors (Lipinski definition) is 0. The Morgan fingerprint density at radius 2 is 1.95 bits per heavy atom. The molecule has 0 aliphatic rings. The lowest BCUT2D eigenvalue weighted by molar-refractivity contribution is 0.831. The van der Waals surface area contributed by atoms with Crippen LogP contribution >= 0.6 is 0 Å². The van der Waals surface area contributed by atoms with Gasteiger partial charge in [0.25, 0.3) is 0 Å². The number of allylic oxidation sites excluding steroid dienone is 5. The van der Waals surface area contributed by atoms with Gasteiger partial charge in [0.15, 0.2) is 0 Å². The number of rotatable bonds is 5. The molecule has 1 nitrogen and oxygen atoms in total. The quantitative estimate of drug-likeness (QED) is 0.733. The summed E-state index contributed by atoms with van der Waals surface area (Å²) in [4.78, 5) is 0. The largest absolute Gasteiger partial charge is 0.337 e. The normalized spacial score (nSPS) is 13.2. The molecular formula is C20H21N. The second kappa shape index (κ2) is 6.76. The molecule has 21 heavy (non-hydrogen) atoms. The van der Waals surface area contributed by atoms with Gasteiger partial charge in [0.05, 0.1) is 0 Å². The van der Waals surface area contributed by atoms with Gasteiger partial charge in [-0.2, -0.15) is 0 Å². The number of nitrogens with zero attached hydrogens (tertiary/aromatic N) is 1. The number of benzene rings is 1. The van der Waals surface area contributed by atoms with Gasteiger partial charge in [0.1, 0.15) is 0 Å². The minimum absolute atomic E-state index is 0.802. The molecule has 1 heteroatoms. The number of aromatic nitrogens is 1. The lowest BCUT2D eigenvalue weighted by atomic mass is 10.2. The Hall–Kier alpha value is -2.54. The van der Waals surface area contributed by atoms with Crippen molar-refractivity contribution in [2.75, 3.05) is 0 Å². The fourth-order valence-corrected chi connectivity index (χ4v) is 2.50. The van der Waals surface area contributed by atoms with E-state index in [4.69, 9.17) is 0 Å². The molecule has 0 atom stereocenters. The molecule has 0 aliphatic heterocycles. The predicted molar refractivity (Wildman–Crippen MR) is 94.5 cm³/mol. The summed E-state index contributed by atoms with van der Waals surface area (Å²) in [6.07, 6.45) is 11.9. The van der Waals surface area contributed by atoms with Gasteiger partial charge in [0.2, 0.25) is 0 Å². The smallest absolute Gasteiger partial charge is 0.0494 e. The molecule has 0 aliphatic carbocycles. The van der Waals surface area contributed by atoms with Crippen molar-refractivity contribution in [1.82, 2.24) is 4.57 Å². The average molecular weight is 275 g/mol. The van der Waals surface area contributed by atoms with Gasteiger partial charge in [-0.1, -0.05) is 67.8 Å². The van der Waals surface area contributed by atoms with Crippen molar-refractivity contribution < 1.29 is 0 Å². The van der Waals surface area contributed by atoms with Crippen molar-refractivity contribution in [3.8, 4) is 0 Å². The van der Waals surface area contributed by atoms with E-state index in [0.717, 1.165) is 17.5 Å². The molecule has 2 rings (SSSR count). The van der Waals surface area contributed by atoms with E-state index in [9.17, 15) is 0 Å². The lowest BCUT2D eigenvalue weighted by Crippen LogP contribution is -2.29. The zero-order valence-corrected chi connectivity index (χ0v) is 12.5. The van der Waals surface area contributed by atoms with Crippen LogP contribution in [0.1, 0.15) is 6.92 Å². The van der Waals surface area contributed by atoms with Crippen LogP contribution in [-0.4, -0.2) is 4.57 Å². The molecule has 0 amide bonds. The van der Waals surface area contributed by atoms with Crippen LogP contribution in [0.5, 0.6) is 0 Å². The second-order valence-electron chi connectivity index (χ2n) is 4.98. The first-order valence-electron chi connectivity index (χ1n) is 7.04. The molecule has 0 bridgehead atoms. The van der Waals surface area contributed by atoms with Gasteiger partial charge in [-0.15, -0.1) is 0 Å². The van der Waals surface area contributed by atoms with E-state index in [1.807, 2.05) is 19.1 Å². The minimum atomic E-state index is 0.802. The third kappa shape index (κ3) is 3.14. The van der Waals surface area contributed by atoms with E-state index in [-0.39, 0.29) is 0 Å². The van der Waals surface area contributed by atoms with Crippen molar-refractivity contribution in [3.63, 3.8) is 0 Å². The molecule has 1 aromatic heterocycles. The Morgan fingerprint density at radius 3 is 2.62 bits per heavy atom. The van der Waals surface area contributed by atoms with E-state index < -0.39 is 0 Å². The second-order valence-corrected chi connectivity index (χ2v) is 4.98. The van der Waals surface area contributed by atoms with Crippen LogP contribution in [0.15, 0.2) is 73.9 Å². The van der Waals surface area contributed by atoms with E-state index >= 15 is 0 Å². The topological polar surface area (TPSA) is 4.93 Å². The third-order valence-corrected chi connectivity index (χ3v) is 3.28. The molecule has 0 saturated carbocycles. The van der Waals surface area contributed by atoms with Crippen LogP contribution in [0, 0.1) is 0 Å². The number of para-hydroxylation sites is 1. The molecule has 1 heterocycles.